The fourth-order valence-corrected chi connectivity index (χ4v) is 1.04. The van der Waals surface area contributed by atoms with Gasteiger partial charge in [-0.25, -0.2) is 0 Å². The zero-order valence-corrected chi connectivity index (χ0v) is 9.47. The number of rotatable bonds is 3. The molecule has 72 valence electrons. The molecule has 0 aromatic rings. The van der Waals surface area contributed by atoms with Crippen LogP contribution >= 0.6 is 0 Å². The van der Waals surface area contributed by atoms with Crippen molar-refractivity contribution in [2.24, 2.45) is 0 Å². The minimum atomic E-state index is 0.521. The number of allylic oxidation sites excluding steroid dienone is 1. The summed E-state index contributed by atoms with van der Waals surface area (Å²) in [7, 11) is 8.39. The van der Waals surface area contributed by atoms with Crippen molar-refractivity contribution in [1.29, 1.82) is 0 Å². The maximum atomic E-state index is 2.22. The van der Waals surface area contributed by atoms with Gasteiger partial charge in [-0.2, -0.15) is 0 Å². The van der Waals surface area contributed by atoms with E-state index in [1.165, 1.54) is 11.3 Å². The minimum absolute atomic E-state index is 0.521. The number of likely N-dealkylation sites (N-methyl/N-ethyl adjacent to an activating group) is 1. The SMILES string of the molecule is CC(=C(C)N(C)C)C(C)N(C)C. The molecule has 0 N–H and O–H groups in total. The van der Waals surface area contributed by atoms with Crippen molar-refractivity contribution in [1.82, 2.24) is 9.80 Å². The van der Waals surface area contributed by atoms with Gasteiger partial charge in [0.25, 0.3) is 0 Å². The van der Waals surface area contributed by atoms with Gasteiger partial charge in [0, 0.05) is 25.8 Å². The summed E-state index contributed by atoms with van der Waals surface area (Å²) in [5.74, 6) is 0. The van der Waals surface area contributed by atoms with Crippen LogP contribution in [0, 0.1) is 0 Å². The van der Waals surface area contributed by atoms with E-state index in [0.717, 1.165) is 0 Å². The Hall–Kier alpha value is -0.500. The fraction of sp³-hybridized carbons (Fsp3) is 0.800. The van der Waals surface area contributed by atoms with Crippen LogP contribution in [0.15, 0.2) is 11.3 Å². The summed E-state index contributed by atoms with van der Waals surface area (Å²) in [6.45, 7) is 6.58. The first-order valence-electron chi connectivity index (χ1n) is 4.39. The molecule has 1 unspecified atom stereocenters. The summed E-state index contributed by atoms with van der Waals surface area (Å²) in [6.07, 6.45) is 0. The monoisotopic (exact) mass is 170 g/mol. The lowest BCUT2D eigenvalue weighted by Crippen LogP contribution is -2.28. The van der Waals surface area contributed by atoms with Crippen molar-refractivity contribution in [3.63, 3.8) is 0 Å². The highest BCUT2D eigenvalue weighted by Gasteiger charge is 2.09. The van der Waals surface area contributed by atoms with Crippen LogP contribution in [0.1, 0.15) is 20.8 Å². The Kier molecular flexibility index (Phi) is 4.32. The number of hydrogen-bond acceptors (Lipinski definition) is 2. The summed E-state index contributed by atoms with van der Waals surface area (Å²) in [5, 5.41) is 0. The minimum Gasteiger partial charge on any atom is -0.381 e. The van der Waals surface area contributed by atoms with E-state index in [9.17, 15) is 0 Å². The van der Waals surface area contributed by atoms with Crippen LogP contribution in [0.3, 0.4) is 0 Å². The summed E-state index contributed by atoms with van der Waals surface area (Å²) in [6, 6.07) is 0.521. The van der Waals surface area contributed by atoms with Crippen LogP contribution in [-0.4, -0.2) is 44.0 Å². The van der Waals surface area contributed by atoms with E-state index in [2.05, 4.69) is 58.8 Å². The summed E-state index contributed by atoms with van der Waals surface area (Å²) < 4.78 is 0. The molecule has 0 aliphatic carbocycles. The van der Waals surface area contributed by atoms with Gasteiger partial charge in [0.15, 0.2) is 0 Å². The predicted molar refractivity (Wildman–Crippen MR) is 55.2 cm³/mol. The molecule has 0 amide bonds. The second kappa shape index (κ2) is 4.51. The summed E-state index contributed by atoms with van der Waals surface area (Å²) >= 11 is 0. The summed E-state index contributed by atoms with van der Waals surface area (Å²) in [4.78, 5) is 4.39. The van der Waals surface area contributed by atoms with Crippen molar-refractivity contribution >= 4 is 0 Å². The second-order valence-corrected chi connectivity index (χ2v) is 3.80. The van der Waals surface area contributed by atoms with Crippen molar-refractivity contribution < 1.29 is 0 Å². The first kappa shape index (κ1) is 11.5. The van der Waals surface area contributed by atoms with Crippen LogP contribution in [0.4, 0.5) is 0 Å². The molecule has 2 nitrogen and oxygen atoms in total. The lowest BCUT2D eigenvalue weighted by Gasteiger charge is -2.25. The van der Waals surface area contributed by atoms with Crippen LogP contribution in [-0.2, 0) is 0 Å². The zero-order chi connectivity index (χ0) is 9.89. The standard InChI is InChI=1S/C10H22N2/c1-8(9(2)11(4)5)10(3)12(6)7/h9H,1-7H3. The van der Waals surface area contributed by atoms with Gasteiger partial charge in [-0.15, -0.1) is 0 Å². The van der Waals surface area contributed by atoms with E-state index >= 15 is 0 Å². The van der Waals surface area contributed by atoms with Gasteiger partial charge in [0.2, 0.25) is 0 Å². The van der Waals surface area contributed by atoms with Crippen LogP contribution < -0.4 is 0 Å². The molecule has 0 radical (unpaired) electrons. The third-order valence-corrected chi connectivity index (χ3v) is 2.64. The van der Waals surface area contributed by atoms with E-state index in [0.29, 0.717) is 6.04 Å². The predicted octanol–water partition coefficient (Wildman–Crippen LogP) is 1.79. The third-order valence-electron chi connectivity index (χ3n) is 2.64. The molecule has 0 saturated carbocycles. The highest BCUT2D eigenvalue weighted by atomic mass is 15.1. The molecule has 12 heavy (non-hydrogen) atoms. The molecule has 0 rings (SSSR count). The molecular formula is C10H22N2. The van der Waals surface area contributed by atoms with E-state index in [-0.39, 0.29) is 0 Å². The Labute approximate surface area is 76.9 Å². The van der Waals surface area contributed by atoms with E-state index in [4.69, 9.17) is 0 Å². The molecule has 0 spiro atoms. The van der Waals surface area contributed by atoms with Crippen LogP contribution in [0.25, 0.3) is 0 Å². The van der Waals surface area contributed by atoms with Gasteiger partial charge in [0.1, 0.15) is 0 Å². The molecule has 0 aliphatic rings. The van der Waals surface area contributed by atoms with Crippen molar-refractivity contribution in [2.75, 3.05) is 28.2 Å². The zero-order valence-electron chi connectivity index (χ0n) is 9.47. The maximum Gasteiger partial charge on any atom is 0.0290 e. The maximum absolute atomic E-state index is 2.22. The van der Waals surface area contributed by atoms with Gasteiger partial charge < -0.3 is 9.80 Å². The van der Waals surface area contributed by atoms with Gasteiger partial charge in [0.05, 0.1) is 0 Å². The molecule has 0 aliphatic heterocycles. The van der Waals surface area contributed by atoms with Crippen molar-refractivity contribution in [3.05, 3.63) is 11.3 Å². The van der Waals surface area contributed by atoms with E-state index in [1.807, 2.05) is 0 Å². The first-order valence-corrected chi connectivity index (χ1v) is 4.39. The van der Waals surface area contributed by atoms with Crippen LogP contribution in [0.5, 0.6) is 0 Å². The Morgan fingerprint density at radius 3 is 1.67 bits per heavy atom. The fourth-order valence-electron chi connectivity index (χ4n) is 1.04. The van der Waals surface area contributed by atoms with Gasteiger partial charge in [-0.3, -0.25) is 0 Å². The molecule has 0 saturated heterocycles. The van der Waals surface area contributed by atoms with Crippen LogP contribution in [0.2, 0.25) is 0 Å². The number of nitrogens with zero attached hydrogens (tertiary/aromatic N) is 2. The molecule has 1 atom stereocenters. The quantitative estimate of drug-likeness (QED) is 0.637. The Balaban J connectivity index is 4.54. The smallest absolute Gasteiger partial charge is 0.0290 e. The molecule has 0 fully saturated rings. The lowest BCUT2D eigenvalue weighted by atomic mass is 10.1. The van der Waals surface area contributed by atoms with Crippen molar-refractivity contribution in [3.8, 4) is 0 Å². The molecule has 0 aromatic heterocycles. The average Bonchev–Trinajstić information content (AvgIpc) is 2.00. The Morgan fingerprint density at radius 1 is 1.00 bits per heavy atom. The molecule has 0 heterocycles. The summed E-state index contributed by atoms with van der Waals surface area (Å²) in [5.41, 5.74) is 2.79. The molecule has 2 heteroatoms. The Morgan fingerprint density at radius 2 is 1.42 bits per heavy atom. The lowest BCUT2D eigenvalue weighted by molar-refractivity contribution is 0.341. The largest absolute Gasteiger partial charge is 0.381 e. The molecule has 0 bridgehead atoms. The van der Waals surface area contributed by atoms with Crippen molar-refractivity contribution in [2.45, 2.75) is 26.8 Å². The van der Waals surface area contributed by atoms with Gasteiger partial charge in [-0.05, 0) is 40.4 Å². The topological polar surface area (TPSA) is 6.48 Å². The molecular weight excluding hydrogens is 148 g/mol. The number of hydrogen-bond donors (Lipinski definition) is 0. The highest BCUT2D eigenvalue weighted by molar-refractivity contribution is 5.13. The Bertz CT molecular complexity index is 169. The van der Waals surface area contributed by atoms with Gasteiger partial charge in [-0.1, -0.05) is 0 Å². The average molecular weight is 170 g/mol. The molecule has 0 aromatic carbocycles. The highest BCUT2D eigenvalue weighted by Crippen LogP contribution is 2.12. The first-order chi connectivity index (χ1) is 5.37. The van der Waals surface area contributed by atoms with E-state index in [1.54, 1.807) is 0 Å². The third kappa shape index (κ3) is 2.86. The normalized spacial score (nSPS) is 16.0. The van der Waals surface area contributed by atoms with Gasteiger partial charge >= 0.3 is 0 Å². The van der Waals surface area contributed by atoms with E-state index < -0.39 is 0 Å². The second-order valence-electron chi connectivity index (χ2n) is 3.80.